The topological polar surface area (TPSA) is 31.2 Å². The van der Waals surface area contributed by atoms with E-state index in [1.807, 2.05) is 0 Å². The second-order valence-corrected chi connectivity index (χ2v) is 5.05. The Kier molecular flexibility index (Phi) is 4.27. The number of pyridine rings is 1. The Balaban J connectivity index is 2.98. The number of rotatable bonds is 3. The molecule has 0 radical (unpaired) electrons. The molecule has 0 saturated heterocycles. The first-order valence-corrected chi connectivity index (χ1v) is 6.79. The maximum atomic E-state index is 14.0. The van der Waals surface area contributed by atoms with Gasteiger partial charge in [-0.2, -0.15) is 0 Å². The van der Waals surface area contributed by atoms with Crippen molar-refractivity contribution >= 4 is 22.0 Å². The van der Waals surface area contributed by atoms with Crippen LogP contribution < -0.4 is 10.3 Å². The van der Waals surface area contributed by atoms with Crippen LogP contribution in [0.1, 0.15) is 11.3 Å². The molecule has 0 amide bonds. The van der Waals surface area contributed by atoms with E-state index >= 15 is 0 Å². The van der Waals surface area contributed by atoms with Crippen LogP contribution in [0.5, 0.6) is 5.75 Å². The number of ether oxygens (including phenoxy) is 1. The fraction of sp³-hybridized carbons (Fsp3) is 0.133. The van der Waals surface area contributed by atoms with Gasteiger partial charge in [0.25, 0.3) is 5.56 Å². The number of hydrogen-bond acceptors (Lipinski definition) is 2. The highest BCUT2D eigenvalue weighted by Crippen LogP contribution is 2.31. The lowest BCUT2D eigenvalue weighted by atomic mass is 10.1. The number of hydrogen-bond donors (Lipinski definition) is 0. The molecule has 0 bridgehead atoms. The molecule has 1 aromatic carbocycles. The molecule has 21 heavy (non-hydrogen) atoms. The Hall–Kier alpha value is -1.95. The zero-order valence-electron chi connectivity index (χ0n) is 11.4. The van der Waals surface area contributed by atoms with Crippen molar-refractivity contribution < 1.29 is 13.5 Å². The maximum absolute atomic E-state index is 14.0. The molecule has 3 nitrogen and oxygen atoms in total. The summed E-state index contributed by atoms with van der Waals surface area (Å²) in [4.78, 5) is 12.4. The molecule has 6 heteroatoms. The van der Waals surface area contributed by atoms with E-state index in [1.165, 1.54) is 19.3 Å². The fourth-order valence-corrected chi connectivity index (χ4v) is 2.72. The van der Waals surface area contributed by atoms with Gasteiger partial charge >= 0.3 is 0 Å². The van der Waals surface area contributed by atoms with Crippen LogP contribution in [0.4, 0.5) is 8.78 Å². The van der Waals surface area contributed by atoms with E-state index in [0.717, 1.165) is 16.7 Å². The molecule has 1 aromatic heterocycles. The Morgan fingerprint density at radius 1 is 1.33 bits per heavy atom. The molecule has 1 heterocycles. The number of methoxy groups -OCH3 is 1. The standard InChI is InChI=1S/C15H12BrF2NO2/c1-4-9-8(2)19(15(20)12(16)14(9)21-3)13-10(17)6-5-7-11(13)18/h4-7H,1H2,2-3H3. The van der Waals surface area contributed by atoms with Crippen LogP contribution in [0.3, 0.4) is 0 Å². The molecule has 0 aliphatic rings. The molecule has 0 unspecified atom stereocenters. The molecule has 0 aliphatic heterocycles. The summed E-state index contributed by atoms with van der Waals surface area (Å²) >= 11 is 3.11. The van der Waals surface area contributed by atoms with Gasteiger partial charge in [-0.25, -0.2) is 8.78 Å². The number of benzene rings is 1. The minimum Gasteiger partial charge on any atom is -0.495 e. The number of aromatic nitrogens is 1. The van der Waals surface area contributed by atoms with Crippen LogP contribution >= 0.6 is 15.9 Å². The Morgan fingerprint density at radius 3 is 2.38 bits per heavy atom. The summed E-state index contributed by atoms with van der Waals surface area (Å²) in [5.41, 5.74) is -0.226. The molecule has 0 aliphatic carbocycles. The average molecular weight is 356 g/mol. The molecule has 110 valence electrons. The lowest BCUT2D eigenvalue weighted by molar-refractivity contribution is 0.408. The highest BCUT2D eigenvalue weighted by molar-refractivity contribution is 9.10. The van der Waals surface area contributed by atoms with Gasteiger partial charge in [0.1, 0.15) is 27.5 Å². The molecule has 0 fully saturated rings. The van der Waals surface area contributed by atoms with E-state index in [2.05, 4.69) is 22.5 Å². The molecular formula is C15H12BrF2NO2. The monoisotopic (exact) mass is 355 g/mol. The Bertz CT molecular complexity index is 764. The van der Waals surface area contributed by atoms with Crippen molar-refractivity contribution in [2.45, 2.75) is 6.92 Å². The first-order valence-electron chi connectivity index (χ1n) is 6.00. The number of para-hydroxylation sites is 1. The van der Waals surface area contributed by atoms with Gasteiger partial charge in [-0.3, -0.25) is 9.36 Å². The van der Waals surface area contributed by atoms with E-state index in [9.17, 15) is 13.6 Å². The molecule has 0 spiro atoms. The minimum atomic E-state index is -0.827. The van der Waals surface area contributed by atoms with Gasteiger partial charge in [-0.15, -0.1) is 0 Å². The van der Waals surface area contributed by atoms with E-state index in [-0.39, 0.29) is 10.2 Å². The summed E-state index contributed by atoms with van der Waals surface area (Å²) < 4.78 is 34.2. The predicted molar refractivity (Wildman–Crippen MR) is 81.0 cm³/mol. The molecule has 0 saturated carbocycles. The minimum absolute atomic E-state index is 0.0770. The normalized spacial score (nSPS) is 10.5. The van der Waals surface area contributed by atoms with E-state index in [4.69, 9.17) is 4.74 Å². The Labute approximate surface area is 128 Å². The van der Waals surface area contributed by atoms with Gasteiger partial charge in [-0.1, -0.05) is 18.7 Å². The second-order valence-electron chi connectivity index (χ2n) is 4.26. The van der Waals surface area contributed by atoms with E-state index < -0.39 is 22.9 Å². The van der Waals surface area contributed by atoms with Gasteiger partial charge < -0.3 is 4.74 Å². The van der Waals surface area contributed by atoms with Crippen molar-refractivity contribution in [3.8, 4) is 11.4 Å². The summed E-state index contributed by atoms with van der Waals surface area (Å²) in [5.74, 6) is -1.37. The smallest absolute Gasteiger partial charge is 0.273 e. The summed E-state index contributed by atoms with van der Waals surface area (Å²) in [5, 5.41) is 0. The molecule has 0 atom stereocenters. The highest BCUT2D eigenvalue weighted by Gasteiger charge is 2.21. The van der Waals surface area contributed by atoms with Crippen LogP contribution in [0.25, 0.3) is 11.8 Å². The van der Waals surface area contributed by atoms with Gasteiger partial charge in [0.15, 0.2) is 0 Å². The van der Waals surface area contributed by atoms with Crippen molar-refractivity contribution in [1.29, 1.82) is 0 Å². The summed E-state index contributed by atoms with van der Waals surface area (Å²) in [6.07, 6.45) is 1.47. The van der Waals surface area contributed by atoms with E-state index in [0.29, 0.717) is 11.3 Å². The van der Waals surface area contributed by atoms with Crippen LogP contribution in [-0.4, -0.2) is 11.7 Å². The zero-order chi connectivity index (χ0) is 15.7. The second kappa shape index (κ2) is 5.81. The third-order valence-electron chi connectivity index (χ3n) is 3.13. The summed E-state index contributed by atoms with van der Waals surface area (Å²) in [6.45, 7) is 5.22. The van der Waals surface area contributed by atoms with Crippen molar-refractivity contribution in [2.24, 2.45) is 0 Å². The maximum Gasteiger partial charge on any atom is 0.273 e. The SMILES string of the molecule is C=Cc1c(OC)c(Br)c(=O)n(-c2c(F)cccc2F)c1C. The fourth-order valence-electron chi connectivity index (χ4n) is 2.16. The molecule has 2 aromatic rings. The van der Waals surface area contributed by atoms with E-state index in [1.54, 1.807) is 6.92 Å². The first kappa shape index (κ1) is 15.4. The molecular weight excluding hydrogens is 344 g/mol. The lowest BCUT2D eigenvalue weighted by Crippen LogP contribution is -2.25. The first-order chi connectivity index (χ1) is 9.93. The van der Waals surface area contributed by atoms with Gasteiger partial charge in [-0.05, 0) is 35.0 Å². The van der Waals surface area contributed by atoms with Crippen molar-refractivity contribution in [3.05, 3.63) is 62.5 Å². The third-order valence-corrected chi connectivity index (χ3v) is 3.83. The van der Waals surface area contributed by atoms with Crippen LogP contribution in [0.2, 0.25) is 0 Å². The summed E-state index contributed by atoms with van der Waals surface area (Å²) in [7, 11) is 1.40. The molecule has 2 rings (SSSR count). The van der Waals surface area contributed by atoms with Crippen LogP contribution in [-0.2, 0) is 0 Å². The third kappa shape index (κ3) is 2.40. The quantitative estimate of drug-likeness (QED) is 0.837. The van der Waals surface area contributed by atoms with Crippen LogP contribution in [0, 0.1) is 18.6 Å². The van der Waals surface area contributed by atoms with Gasteiger partial charge in [0.05, 0.1) is 7.11 Å². The van der Waals surface area contributed by atoms with Gasteiger partial charge in [0, 0.05) is 11.3 Å². The van der Waals surface area contributed by atoms with Crippen LogP contribution in [0.15, 0.2) is 34.0 Å². The molecule has 0 N–H and O–H groups in total. The van der Waals surface area contributed by atoms with Crippen molar-refractivity contribution in [3.63, 3.8) is 0 Å². The lowest BCUT2D eigenvalue weighted by Gasteiger charge is -2.17. The zero-order valence-corrected chi connectivity index (χ0v) is 13.0. The highest BCUT2D eigenvalue weighted by atomic mass is 79.9. The number of halogens is 3. The van der Waals surface area contributed by atoms with Crippen molar-refractivity contribution in [1.82, 2.24) is 4.57 Å². The van der Waals surface area contributed by atoms with Crippen molar-refractivity contribution in [2.75, 3.05) is 7.11 Å². The van der Waals surface area contributed by atoms with Gasteiger partial charge in [0.2, 0.25) is 0 Å². The largest absolute Gasteiger partial charge is 0.495 e. The summed E-state index contributed by atoms with van der Waals surface area (Å²) in [6, 6.07) is 3.42. The average Bonchev–Trinajstić information content (AvgIpc) is 2.45. The predicted octanol–water partition coefficient (Wildman–Crippen LogP) is 3.84. The Morgan fingerprint density at radius 2 is 1.90 bits per heavy atom. The number of nitrogens with zero attached hydrogens (tertiary/aromatic N) is 1.